The first kappa shape index (κ1) is 15.7. The summed E-state index contributed by atoms with van der Waals surface area (Å²) in [6.07, 6.45) is 6.52. The quantitative estimate of drug-likeness (QED) is 0.367. The van der Waals surface area contributed by atoms with Crippen molar-refractivity contribution in [3.05, 3.63) is 41.4 Å². The van der Waals surface area contributed by atoms with E-state index in [1.807, 2.05) is 24.3 Å². The van der Waals surface area contributed by atoms with E-state index in [1.54, 1.807) is 0 Å². The van der Waals surface area contributed by atoms with Crippen molar-refractivity contribution in [1.82, 2.24) is 10.6 Å². The Labute approximate surface area is 131 Å². The van der Waals surface area contributed by atoms with E-state index < -0.39 is 0 Å². The topological polar surface area (TPSA) is 45.7 Å². The van der Waals surface area contributed by atoms with Crippen LogP contribution in [0.1, 0.15) is 19.8 Å². The van der Waals surface area contributed by atoms with Gasteiger partial charge in [-0.3, -0.25) is 0 Å². The molecule has 0 heterocycles. The lowest BCUT2D eigenvalue weighted by Gasteiger charge is -2.16. The Bertz CT molecular complexity index is 477. The van der Waals surface area contributed by atoms with Crippen molar-refractivity contribution in [3.63, 3.8) is 0 Å². The summed E-state index contributed by atoms with van der Waals surface area (Å²) < 4.78 is 5.63. The summed E-state index contributed by atoms with van der Waals surface area (Å²) in [6, 6.07) is 7.82. The highest BCUT2D eigenvalue weighted by molar-refractivity contribution is 6.30. The number of nitrogens with zero attached hydrogens (tertiary/aromatic N) is 1. The molecule has 21 heavy (non-hydrogen) atoms. The van der Waals surface area contributed by atoms with E-state index in [1.165, 1.54) is 0 Å². The van der Waals surface area contributed by atoms with Gasteiger partial charge in [0.25, 0.3) is 0 Å². The van der Waals surface area contributed by atoms with Crippen LogP contribution < -0.4 is 15.4 Å². The molecule has 2 N–H and O–H groups in total. The molecule has 0 bridgehead atoms. The lowest BCUT2D eigenvalue weighted by Crippen LogP contribution is -2.42. The van der Waals surface area contributed by atoms with Crippen LogP contribution in [0.25, 0.3) is 0 Å². The van der Waals surface area contributed by atoms with Crippen molar-refractivity contribution < 1.29 is 4.74 Å². The minimum atomic E-state index is 0.458. The molecule has 0 atom stereocenters. The largest absolute Gasteiger partial charge is 0.492 e. The Hall–Kier alpha value is -1.68. The summed E-state index contributed by atoms with van der Waals surface area (Å²) in [7, 11) is 0. The molecule has 0 saturated heterocycles. The Kier molecular flexibility index (Phi) is 6.41. The molecule has 2 rings (SSSR count). The van der Waals surface area contributed by atoms with Crippen LogP contribution in [0.4, 0.5) is 0 Å². The number of guanidine groups is 1. The van der Waals surface area contributed by atoms with Crippen LogP contribution in [0, 0.1) is 0 Å². The molecule has 0 spiro atoms. The van der Waals surface area contributed by atoms with Crippen LogP contribution in [0.2, 0.25) is 5.02 Å². The van der Waals surface area contributed by atoms with Gasteiger partial charge in [0.15, 0.2) is 5.96 Å². The van der Waals surface area contributed by atoms with Gasteiger partial charge in [0.1, 0.15) is 12.4 Å². The zero-order valence-electron chi connectivity index (χ0n) is 12.3. The molecule has 1 aromatic carbocycles. The van der Waals surface area contributed by atoms with E-state index in [9.17, 15) is 0 Å². The van der Waals surface area contributed by atoms with Gasteiger partial charge in [-0.2, -0.15) is 0 Å². The Morgan fingerprint density at radius 1 is 1.29 bits per heavy atom. The minimum Gasteiger partial charge on any atom is -0.492 e. The van der Waals surface area contributed by atoms with Gasteiger partial charge < -0.3 is 15.4 Å². The molecule has 1 aliphatic carbocycles. The van der Waals surface area contributed by atoms with Gasteiger partial charge in [-0.05, 0) is 44.0 Å². The monoisotopic (exact) mass is 307 g/mol. The third-order valence-corrected chi connectivity index (χ3v) is 3.39. The van der Waals surface area contributed by atoms with E-state index >= 15 is 0 Å². The number of benzene rings is 1. The average Bonchev–Trinajstić information content (AvgIpc) is 2.98. The molecular weight excluding hydrogens is 286 g/mol. The predicted octanol–water partition coefficient (Wildman–Crippen LogP) is 2.99. The van der Waals surface area contributed by atoms with Crippen LogP contribution in [0.15, 0.2) is 41.4 Å². The summed E-state index contributed by atoms with van der Waals surface area (Å²) in [4.78, 5) is 4.53. The highest BCUT2D eigenvalue weighted by Crippen LogP contribution is 2.15. The molecule has 114 valence electrons. The summed E-state index contributed by atoms with van der Waals surface area (Å²) in [6.45, 7) is 4.07. The lowest BCUT2D eigenvalue weighted by molar-refractivity contribution is 0.328. The van der Waals surface area contributed by atoms with Gasteiger partial charge in [-0.1, -0.05) is 23.8 Å². The van der Waals surface area contributed by atoms with Crippen molar-refractivity contribution in [2.45, 2.75) is 25.8 Å². The van der Waals surface area contributed by atoms with Crippen LogP contribution in [0.5, 0.6) is 5.75 Å². The maximum Gasteiger partial charge on any atom is 0.191 e. The van der Waals surface area contributed by atoms with E-state index in [0.29, 0.717) is 24.2 Å². The van der Waals surface area contributed by atoms with Crippen molar-refractivity contribution >= 4 is 17.6 Å². The van der Waals surface area contributed by atoms with Gasteiger partial charge in [-0.15, -0.1) is 0 Å². The second kappa shape index (κ2) is 8.57. The molecule has 0 saturated carbocycles. The minimum absolute atomic E-state index is 0.458. The van der Waals surface area contributed by atoms with E-state index in [4.69, 9.17) is 16.3 Å². The molecule has 1 aliphatic rings. The number of hydrogen-bond donors (Lipinski definition) is 2. The van der Waals surface area contributed by atoms with Crippen LogP contribution in [0.3, 0.4) is 0 Å². The normalized spacial score (nSPS) is 15.2. The number of rotatable bonds is 6. The molecule has 0 aromatic heterocycles. The van der Waals surface area contributed by atoms with Gasteiger partial charge in [0, 0.05) is 17.6 Å². The number of halogens is 1. The number of nitrogens with one attached hydrogen (secondary N) is 2. The molecule has 0 fully saturated rings. The van der Waals surface area contributed by atoms with E-state index in [2.05, 4.69) is 34.7 Å². The molecule has 1 aromatic rings. The molecule has 4 nitrogen and oxygen atoms in total. The Morgan fingerprint density at radius 2 is 2.00 bits per heavy atom. The predicted molar refractivity (Wildman–Crippen MR) is 88.2 cm³/mol. The zero-order valence-corrected chi connectivity index (χ0v) is 13.1. The van der Waals surface area contributed by atoms with E-state index in [-0.39, 0.29) is 0 Å². The maximum absolute atomic E-state index is 5.83. The van der Waals surface area contributed by atoms with Crippen molar-refractivity contribution in [2.24, 2.45) is 4.99 Å². The lowest BCUT2D eigenvalue weighted by atomic mass is 10.2. The second-order valence-corrected chi connectivity index (χ2v) is 5.28. The van der Waals surface area contributed by atoms with Gasteiger partial charge in [-0.25, -0.2) is 4.99 Å². The fourth-order valence-corrected chi connectivity index (χ4v) is 2.23. The first-order valence-corrected chi connectivity index (χ1v) is 7.74. The number of hydrogen-bond acceptors (Lipinski definition) is 2. The molecular formula is C16H22ClN3O. The number of aliphatic imine (C=N–C) groups is 1. The Morgan fingerprint density at radius 3 is 2.67 bits per heavy atom. The Balaban J connectivity index is 1.74. The summed E-state index contributed by atoms with van der Waals surface area (Å²) >= 11 is 5.83. The summed E-state index contributed by atoms with van der Waals surface area (Å²) in [5.41, 5.74) is 0. The molecule has 0 amide bonds. The molecule has 5 heteroatoms. The van der Waals surface area contributed by atoms with Gasteiger partial charge >= 0.3 is 0 Å². The average molecular weight is 308 g/mol. The second-order valence-electron chi connectivity index (χ2n) is 4.85. The molecule has 0 aliphatic heterocycles. The van der Waals surface area contributed by atoms with Crippen molar-refractivity contribution in [2.75, 3.05) is 19.7 Å². The van der Waals surface area contributed by atoms with Crippen LogP contribution in [-0.2, 0) is 0 Å². The third-order valence-electron chi connectivity index (χ3n) is 3.14. The molecule has 0 unspecified atom stereocenters. The van der Waals surface area contributed by atoms with Crippen LogP contribution in [-0.4, -0.2) is 31.7 Å². The SMILES string of the molecule is CCNC(=NCCOc1ccc(Cl)cc1)NC1CC=CC1. The van der Waals surface area contributed by atoms with E-state index in [0.717, 1.165) is 31.1 Å². The standard InChI is InChI=1S/C16H22ClN3O/c1-2-18-16(20-14-5-3-4-6-14)19-11-12-21-15-9-7-13(17)8-10-15/h3-4,7-10,14H,2,5-6,11-12H2,1H3,(H2,18,19,20). The third kappa shape index (κ3) is 5.68. The first-order chi connectivity index (χ1) is 10.3. The zero-order chi connectivity index (χ0) is 14.9. The van der Waals surface area contributed by atoms with Crippen molar-refractivity contribution in [1.29, 1.82) is 0 Å². The number of ether oxygens (including phenoxy) is 1. The van der Waals surface area contributed by atoms with Gasteiger partial charge in [0.2, 0.25) is 0 Å². The smallest absolute Gasteiger partial charge is 0.191 e. The van der Waals surface area contributed by atoms with Crippen LogP contribution >= 0.6 is 11.6 Å². The molecule has 0 radical (unpaired) electrons. The highest BCUT2D eigenvalue weighted by Gasteiger charge is 2.11. The van der Waals surface area contributed by atoms with Gasteiger partial charge in [0.05, 0.1) is 6.54 Å². The first-order valence-electron chi connectivity index (χ1n) is 7.36. The summed E-state index contributed by atoms with van der Waals surface area (Å²) in [5.74, 6) is 1.67. The van der Waals surface area contributed by atoms with Crippen molar-refractivity contribution in [3.8, 4) is 5.75 Å². The highest BCUT2D eigenvalue weighted by atomic mass is 35.5. The maximum atomic E-state index is 5.83. The summed E-state index contributed by atoms with van der Waals surface area (Å²) in [5, 5.41) is 7.39. The fraction of sp³-hybridized carbons (Fsp3) is 0.438. The fourth-order valence-electron chi connectivity index (χ4n) is 2.10.